The zero-order chi connectivity index (χ0) is 20.3. The molecule has 0 aromatic heterocycles. The van der Waals surface area contributed by atoms with Crippen molar-refractivity contribution in [1.29, 1.82) is 0 Å². The van der Waals surface area contributed by atoms with Crippen molar-refractivity contribution in [2.75, 3.05) is 18.4 Å². The van der Waals surface area contributed by atoms with Crippen LogP contribution < -0.4 is 5.32 Å². The molecule has 0 atom stereocenters. The van der Waals surface area contributed by atoms with Crippen LogP contribution in [0.25, 0.3) is 0 Å². The Labute approximate surface area is 175 Å². The third-order valence-corrected chi connectivity index (χ3v) is 7.53. The van der Waals surface area contributed by atoms with Crippen LogP contribution >= 0.6 is 15.9 Å². The maximum atomic E-state index is 12.7. The van der Waals surface area contributed by atoms with E-state index in [-0.39, 0.29) is 17.6 Å². The molecule has 1 heterocycles. The fourth-order valence-electron chi connectivity index (χ4n) is 3.56. The number of rotatable bonds is 5. The molecule has 150 valence electrons. The smallest absolute Gasteiger partial charge is 0.227 e. The first kappa shape index (κ1) is 21.0. The first-order valence-electron chi connectivity index (χ1n) is 9.35. The molecule has 1 N–H and O–H groups in total. The number of anilines is 1. The number of hydrogen-bond donors (Lipinski definition) is 1. The van der Waals surface area contributed by atoms with Crippen molar-refractivity contribution in [1.82, 2.24) is 4.31 Å². The molecule has 1 amide bonds. The standard InChI is InChI=1S/C21H25BrN2O3S/c1-15-5-3-6-16(2)20(15)23-21(25)18-9-11-24(12-10-18)28(26,27)14-17-7-4-8-19(22)13-17/h3-8,13,18H,9-12,14H2,1-2H3,(H,23,25). The van der Waals surface area contributed by atoms with Gasteiger partial charge in [-0.3, -0.25) is 4.79 Å². The van der Waals surface area contributed by atoms with E-state index in [2.05, 4.69) is 21.2 Å². The maximum Gasteiger partial charge on any atom is 0.227 e. The predicted octanol–water partition coefficient (Wildman–Crippen LogP) is 4.25. The van der Waals surface area contributed by atoms with Crippen LogP contribution in [-0.2, 0) is 20.6 Å². The molecular weight excluding hydrogens is 440 g/mol. The van der Waals surface area contributed by atoms with E-state index in [9.17, 15) is 13.2 Å². The molecule has 2 aromatic carbocycles. The molecule has 1 fully saturated rings. The van der Waals surface area contributed by atoms with E-state index in [1.54, 1.807) is 0 Å². The number of aryl methyl sites for hydroxylation is 2. The third kappa shape index (κ3) is 5.01. The highest BCUT2D eigenvalue weighted by molar-refractivity contribution is 9.10. The second-order valence-electron chi connectivity index (χ2n) is 7.32. The van der Waals surface area contributed by atoms with Crippen LogP contribution in [0.3, 0.4) is 0 Å². The summed E-state index contributed by atoms with van der Waals surface area (Å²) < 4.78 is 27.8. The van der Waals surface area contributed by atoms with Gasteiger partial charge in [0, 0.05) is 29.2 Å². The Morgan fingerprint density at radius 3 is 2.32 bits per heavy atom. The van der Waals surface area contributed by atoms with Crippen LogP contribution in [0.5, 0.6) is 0 Å². The van der Waals surface area contributed by atoms with Gasteiger partial charge in [-0.05, 0) is 55.5 Å². The number of hydrogen-bond acceptors (Lipinski definition) is 3. The predicted molar refractivity (Wildman–Crippen MR) is 116 cm³/mol. The van der Waals surface area contributed by atoms with Crippen molar-refractivity contribution in [3.63, 3.8) is 0 Å². The molecule has 3 rings (SSSR count). The van der Waals surface area contributed by atoms with Gasteiger partial charge < -0.3 is 5.32 Å². The average Bonchev–Trinajstić information content (AvgIpc) is 2.64. The molecule has 28 heavy (non-hydrogen) atoms. The van der Waals surface area contributed by atoms with E-state index < -0.39 is 10.0 Å². The Kier molecular flexibility index (Phi) is 6.58. The summed E-state index contributed by atoms with van der Waals surface area (Å²) in [7, 11) is -3.39. The minimum absolute atomic E-state index is 0.0221. The highest BCUT2D eigenvalue weighted by atomic mass is 79.9. The van der Waals surface area contributed by atoms with Crippen molar-refractivity contribution in [2.45, 2.75) is 32.4 Å². The van der Waals surface area contributed by atoms with Crippen LogP contribution in [-0.4, -0.2) is 31.7 Å². The summed E-state index contributed by atoms with van der Waals surface area (Å²) in [6, 6.07) is 13.2. The Hall–Kier alpha value is -1.70. The second-order valence-corrected chi connectivity index (χ2v) is 10.2. The molecule has 0 saturated carbocycles. The summed E-state index contributed by atoms with van der Waals surface area (Å²) in [4.78, 5) is 12.7. The Bertz CT molecular complexity index is 947. The van der Waals surface area contributed by atoms with Crippen LogP contribution in [0, 0.1) is 19.8 Å². The molecule has 1 saturated heterocycles. The van der Waals surface area contributed by atoms with Gasteiger partial charge >= 0.3 is 0 Å². The minimum atomic E-state index is -3.39. The van der Waals surface area contributed by atoms with Crippen molar-refractivity contribution in [3.8, 4) is 0 Å². The Balaban J connectivity index is 1.60. The maximum absolute atomic E-state index is 12.7. The lowest BCUT2D eigenvalue weighted by Gasteiger charge is -2.30. The molecule has 1 aliphatic rings. The van der Waals surface area contributed by atoms with Crippen molar-refractivity contribution < 1.29 is 13.2 Å². The number of nitrogens with zero attached hydrogens (tertiary/aromatic N) is 1. The van der Waals surface area contributed by atoms with Crippen LogP contribution in [0.2, 0.25) is 0 Å². The third-order valence-electron chi connectivity index (χ3n) is 5.19. The number of carbonyl (C=O) groups excluding carboxylic acids is 1. The molecule has 1 aliphatic heterocycles. The SMILES string of the molecule is Cc1cccc(C)c1NC(=O)C1CCN(S(=O)(=O)Cc2cccc(Br)c2)CC1. The van der Waals surface area contributed by atoms with E-state index in [0.29, 0.717) is 25.9 Å². The first-order valence-corrected chi connectivity index (χ1v) is 11.8. The summed E-state index contributed by atoms with van der Waals surface area (Å²) in [5.74, 6) is -0.219. The Morgan fingerprint density at radius 2 is 1.71 bits per heavy atom. The number of sulfonamides is 1. The van der Waals surface area contributed by atoms with Crippen LogP contribution in [0.4, 0.5) is 5.69 Å². The summed E-state index contributed by atoms with van der Waals surface area (Å²) in [6.45, 7) is 4.70. The van der Waals surface area contributed by atoms with Gasteiger partial charge in [0.25, 0.3) is 0 Å². The van der Waals surface area contributed by atoms with E-state index in [1.807, 2.05) is 56.3 Å². The Morgan fingerprint density at radius 1 is 1.11 bits per heavy atom. The summed E-state index contributed by atoms with van der Waals surface area (Å²) in [5, 5.41) is 3.04. The van der Waals surface area contributed by atoms with Crippen LogP contribution in [0.1, 0.15) is 29.5 Å². The molecule has 0 radical (unpaired) electrons. The van der Waals surface area contributed by atoms with Gasteiger partial charge in [0.15, 0.2) is 0 Å². The van der Waals surface area contributed by atoms with E-state index in [0.717, 1.165) is 26.9 Å². The molecule has 0 spiro atoms. The normalized spacial score (nSPS) is 16.1. The summed E-state index contributed by atoms with van der Waals surface area (Å²) in [6.07, 6.45) is 1.07. The first-order chi connectivity index (χ1) is 13.3. The van der Waals surface area contributed by atoms with E-state index in [4.69, 9.17) is 0 Å². The van der Waals surface area contributed by atoms with Gasteiger partial charge in [0.05, 0.1) is 5.75 Å². The lowest BCUT2D eigenvalue weighted by molar-refractivity contribution is -0.120. The highest BCUT2D eigenvalue weighted by Gasteiger charge is 2.31. The average molecular weight is 465 g/mol. The fraction of sp³-hybridized carbons (Fsp3) is 0.381. The number of piperidine rings is 1. The fourth-order valence-corrected chi connectivity index (χ4v) is 5.56. The topological polar surface area (TPSA) is 66.5 Å². The van der Waals surface area contributed by atoms with Gasteiger partial charge in [0.1, 0.15) is 0 Å². The molecular formula is C21H25BrN2O3S. The number of para-hydroxylation sites is 1. The number of carbonyl (C=O) groups is 1. The summed E-state index contributed by atoms with van der Waals surface area (Å²) >= 11 is 3.37. The molecule has 0 aliphatic carbocycles. The van der Waals surface area contributed by atoms with Gasteiger partial charge in [-0.25, -0.2) is 12.7 Å². The minimum Gasteiger partial charge on any atom is -0.325 e. The number of amides is 1. The highest BCUT2D eigenvalue weighted by Crippen LogP contribution is 2.25. The van der Waals surface area contributed by atoms with Crippen molar-refractivity contribution in [3.05, 3.63) is 63.6 Å². The van der Waals surface area contributed by atoms with Gasteiger partial charge in [-0.2, -0.15) is 0 Å². The van der Waals surface area contributed by atoms with Crippen LogP contribution in [0.15, 0.2) is 46.9 Å². The lowest BCUT2D eigenvalue weighted by Crippen LogP contribution is -2.42. The summed E-state index contributed by atoms with van der Waals surface area (Å²) in [5.41, 5.74) is 3.67. The lowest BCUT2D eigenvalue weighted by atomic mass is 9.96. The molecule has 2 aromatic rings. The molecule has 0 bridgehead atoms. The number of halogens is 1. The van der Waals surface area contributed by atoms with Gasteiger partial charge in [-0.1, -0.05) is 46.3 Å². The molecule has 0 unspecified atom stereocenters. The van der Waals surface area contributed by atoms with Crippen molar-refractivity contribution in [2.24, 2.45) is 5.92 Å². The van der Waals surface area contributed by atoms with Crippen molar-refractivity contribution >= 4 is 37.5 Å². The molecule has 5 nitrogen and oxygen atoms in total. The zero-order valence-corrected chi connectivity index (χ0v) is 18.5. The van der Waals surface area contributed by atoms with E-state index >= 15 is 0 Å². The second kappa shape index (κ2) is 8.76. The monoisotopic (exact) mass is 464 g/mol. The number of nitrogens with one attached hydrogen (secondary N) is 1. The van der Waals surface area contributed by atoms with Gasteiger partial charge in [-0.15, -0.1) is 0 Å². The number of benzene rings is 2. The van der Waals surface area contributed by atoms with Gasteiger partial charge in [0.2, 0.25) is 15.9 Å². The molecule has 7 heteroatoms. The largest absolute Gasteiger partial charge is 0.325 e. The zero-order valence-electron chi connectivity index (χ0n) is 16.1. The van der Waals surface area contributed by atoms with E-state index in [1.165, 1.54) is 4.31 Å². The quantitative estimate of drug-likeness (QED) is 0.718.